The Kier molecular flexibility index (Phi) is 4.65. The van der Waals surface area contributed by atoms with Crippen molar-refractivity contribution in [2.45, 2.75) is 31.4 Å². The van der Waals surface area contributed by atoms with Crippen molar-refractivity contribution >= 4 is 33.8 Å². The predicted molar refractivity (Wildman–Crippen MR) is 84.4 cm³/mol. The lowest BCUT2D eigenvalue weighted by atomic mass is 10.0. The van der Waals surface area contributed by atoms with Crippen LogP contribution < -0.4 is 16.4 Å². The normalized spacial score (nSPS) is 17.0. The van der Waals surface area contributed by atoms with Crippen LogP contribution in [-0.4, -0.2) is 28.2 Å². The average molecular weight is 295 g/mol. The summed E-state index contributed by atoms with van der Waals surface area (Å²) in [6.45, 7) is 2.67. The highest BCUT2D eigenvalue weighted by Gasteiger charge is 2.16. The second-order valence-corrected chi connectivity index (χ2v) is 6.97. The van der Waals surface area contributed by atoms with Gasteiger partial charge < -0.3 is 16.4 Å². The second-order valence-electron chi connectivity index (χ2n) is 5.17. The van der Waals surface area contributed by atoms with Crippen LogP contribution in [0.15, 0.2) is 12.1 Å². The number of benzene rings is 1. The van der Waals surface area contributed by atoms with Crippen molar-refractivity contribution in [2.75, 3.05) is 29.2 Å². The fourth-order valence-electron chi connectivity index (χ4n) is 2.18. The number of nitrogens with two attached hydrogens (primary N) is 1. The summed E-state index contributed by atoms with van der Waals surface area (Å²) in [5, 5.41) is 6.27. The number of hydrogen-bond donors (Lipinski definition) is 3. The molecule has 2 unspecified atom stereocenters. The highest BCUT2D eigenvalue weighted by Crippen LogP contribution is 2.31. The lowest BCUT2D eigenvalue weighted by Crippen LogP contribution is -2.20. The number of carbonyl (C=O) groups excluding carboxylic acids is 1. The number of amides is 1. The standard InChI is InChI=1S/C14H21N3O2S/c1-9(20(2)19)5-6-16-13-8-12-10(7-11(13)15)3-4-14(18)17-12/h7-9,16H,3-6,15H2,1-2H3,(H,17,18). The van der Waals surface area contributed by atoms with Gasteiger partial charge >= 0.3 is 0 Å². The molecule has 0 fully saturated rings. The molecule has 20 heavy (non-hydrogen) atoms. The first-order chi connectivity index (χ1) is 9.47. The third-order valence-electron chi connectivity index (χ3n) is 3.60. The second kappa shape index (κ2) is 6.26. The molecule has 110 valence electrons. The van der Waals surface area contributed by atoms with Crippen LogP contribution >= 0.6 is 0 Å². The Hall–Kier alpha value is -1.56. The maximum Gasteiger partial charge on any atom is 0.224 e. The van der Waals surface area contributed by atoms with E-state index < -0.39 is 10.8 Å². The topological polar surface area (TPSA) is 84.2 Å². The van der Waals surface area contributed by atoms with Gasteiger partial charge in [-0.2, -0.15) is 0 Å². The molecular weight excluding hydrogens is 274 g/mol. The average Bonchev–Trinajstić information content (AvgIpc) is 2.39. The molecule has 0 bridgehead atoms. The summed E-state index contributed by atoms with van der Waals surface area (Å²) in [6, 6.07) is 3.80. The van der Waals surface area contributed by atoms with Crippen LogP contribution in [0.2, 0.25) is 0 Å². The maximum absolute atomic E-state index is 11.4. The van der Waals surface area contributed by atoms with Crippen LogP contribution in [0.5, 0.6) is 0 Å². The van der Waals surface area contributed by atoms with Gasteiger partial charge in [-0.3, -0.25) is 9.00 Å². The number of anilines is 3. The SMILES string of the molecule is CC(CCNc1cc2c(cc1N)CCC(=O)N2)S(C)=O. The van der Waals surface area contributed by atoms with Gasteiger partial charge in [0.25, 0.3) is 0 Å². The van der Waals surface area contributed by atoms with Gasteiger partial charge in [0.15, 0.2) is 0 Å². The van der Waals surface area contributed by atoms with E-state index in [1.807, 2.05) is 19.1 Å². The van der Waals surface area contributed by atoms with Crippen molar-refractivity contribution in [3.63, 3.8) is 0 Å². The van der Waals surface area contributed by atoms with Crippen LogP contribution in [0.25, 0.3) is 0 Å². The Morgan fingerprint density at radius 3 is 2.90 bits per heavy atom. The molecule has 1 aliphatic heterocycles. The van der Waals surface area contributed by atoms with Gasteiger partial charge in [0.1, 0.15) is 0 Å². The summed E-state index contributed by atoms with van der Waals surface area (Å²) in [7, 11) is -0.809. The number of fused-ring (bicyclic) bond motifs is 1. The first kappa shape index (κ1) is 14.8. The van der Waals surface area contributed by atoms with E-state index in [9.17, 15) is 9.00 Å². The van der Waals surface area contributed by atoms with E-state index in [0.29, 0.717) is 18.7 Å². The Bertz CT molecular complexity index is 545. The highest BCUT2D eigenvalue weighted by molar-refractivity contribution is 7.84. The predicted octanol–water partition coefficient (Wildman–Crippen LogP) is 1.72. The van der Waals surface area contributed by atoms with Crippen molar-refractivity contribution < 1.29 is 9.00 Å². The molecule has 5 nitrogen and oxygen atoms in total. The maximum atomic E-state index is 11.4. The lowest BCUT2D eigenvalue weighted by Gasteiger charge is -2.20. The van der Waals surface area contributed by atoms with Gasteiger partial charge in [-0.15, -0.1) is 0 Å². The van der Waals surface area contributed by atoms with Crippen molar-refractivity contribution in [3.8, 4) is 0 Å². The molecule has 0 radical (unpaired) electrons. The van der Waals surface area contributed by atoms with E-state index in [0.717, 1.165) is 29.8 Å². The summed E-state index contributed by atoms with van der Waals surface area (Å²) in [5.41, 5.74) is 9.44. The van der Waals surface area contributed by atoms with E-state index >= 15 is 0 Å². The first-order valence-corrected chi connectivity index (χ1v) is 8.38. The van der Waals surface area contributed by atoms with Gasteiger partial charge in [-0.05, 0) is 30.5 Å². The van der Waals surface area contributed by atoms with Crippen molar-refractivity contribution in [1.29, 1.82) is 0 Å². The largest absolute Gasteiger partial charge is 0.397 e. The van der Waals surface area contributed by atoms with Crippen molar-refractivity contribution in [3.05, 3.63) is 17.7 Å². The number of nitrogen functional groups attached to an aromatic ring is 1. The number of nitrogens with one attached hydrogen (secondary N) is 2. The minimum Gasteiger partial charge on any atom is -0.397 e. The molecule has 1 aromatic carbocycles. The van der Waals surface area contributed by atoms with Gasteiger partial charge in [-0.25, -0.2) is 0 Å². The van der Waals surface area contributed by atoms with Gasteiger partial charge in [0, 0.05) is 41.0 Å². The Morgan fingerprint density at radius 1 is 1.45 bits per heavy atom. The van der Waals surface area contributed by atoms with E-state index in [2.05, 4.69) is 10.6 Å². The minimum atomic E-state index is -0.809. The molecule has 0 saturated heterocycles. The molecular formula is C14H21N3O2S. The molecule has 1 heterocycles. The monoisotopic (exact) mass is 295 g/mol. The number of rotatable bonds is 5. The van der Waals surface area contributed by atoms with Crippen molar-refractivity contribution in [1.82, 2.24) is 0 Å². The minimum absolute atomic E-state index is 0.0447. The van der Waals surface area contributed by atoms with Crippen molar-refractivity contribution in [2.24, 2.45) is 0 Å². The van der Waals surface area contributed by atoms with Gasteiger partial charge in [0.05, 0.1) is 11.4 Å². The molecule has 4 N–H and O–H groups in total. The van der Waals surface area contributed by atoms with E-state index in [-0.39, 0.29) is 11.2 Å². The van der Waals surface area contributed by atoms with Gasteiger partial charge in [-0.1, -0.05) is 6.92 Å². The zero-order valence-corrected chi connectivity index (χ0v) is 12.7. The Morgan fingerprint density at radius 2 is 2.20 bits per heavy atom. The molecule has 0 saturated carbocycles. The molecule has 0 aliphatic carbocycles. The molecule has 0 spiro atoms. The molecule has 1 amide bonds. The quantitative estimate of drug-likeness (QED) is 0.722. The highest BCUT2D eigenvalue weighted by atomic mass is 32.2. The Balaban J connectivity index is 2.03. The zero-order valence-electron chi connectivity index (χ0n) is 11.9. The number of hydrogen-bond acceptors (Lipinski definition) is 4. The third kappa shape index (κ3) is 3.50. The molecule has 2 atom stereocenters. The zero-order chi connectivity index (χ0) is 14.7. The summed E-state index contributed by atoms with van der Waals surface area (Å²) in [6.07, 6.45) is 3.77. The molecule has 0 aromatic heterocycles. The fourth-order valence-corrected chi connectivity index (χ4v) is 2.63. The number of carbonyl (C=O) groups is 1. The summed E-state index contributed by atoms with van der Waals surface area (Å²) < 4.78 is 11.3. The smallest absolute Gasteiger partial charge is 0.224 e. The van der Waals surface area contributed by atoms with Crippen LogP contribution in [0, 0.1) is 0 Å². The molecule has 1 aromatic rings. The fraction of sp³-hybridized carbons (Fsp3) is 0.500. The molecule has 6 heteroatoms. The summed E-state index contributed by atoms with van der Waals surface area (Å²) in [5.74, 6) is 0.0447. The first-order valence-electron chi connectivity index (χ1n) is 6.75. The number of aryl methyl sites for hydroxylation is 1. The van der Waals surface area contributed by atoms with Crippen LogP contribution in [-0.2, 0) is 22.0 Å². The Labute approximate surface area is 121 Å². The molecule has 2 rings (SSSR count). The summed E-state index contributed by atoms with van der Waals surface area (Å²) in [4.78, 5) is 11.4. The van der Waals surface area contributed by atoms with E-state index in [4.69, 9.17) is 5.73 Å². The van der Waals surface area contributed by atoms with E-state index in [1.165, 1.54) is 0 Å². The van der Waals surface area contributed by atoms with Crippen LogP contribution in [0.1, 0.15) is 25.3 Å². The third-order valence-corrected chi connectivity index (χ3v) is 4.97. The summed E-state index contributed by atoms with van der Waals surface area (Å²) >= 11 is 0. The van der Waals surface area contributed by atoms with Crippen LogP contribution in [0.3, 0.4) is 0 Å². The lowest BCUT2D eigenvalue weighted by molar-refractivity contribution is -0.116. The van der Waals surface area contributed by atoms with Crippen LogP contribution in [0.4, 0.5) is 17.1 Å². The van der Waals surface area contributed by atoms with E-state index in [1.54, 1.807) is 6.26 Å². The van der Waals surface area contributed by atoms with Gasteiger partial charge in [0.2, 0.25) is 5.91 Å². The molecule has 1 aliphatic rings.